The van der Waals surface area contributed by atoms with Gasteiger partial charge in [0, 0.05) is 35.3 Å². The minimum absolute atomic E-state index is 0.511. The van der Waals surface area contributed by atoms with Gasteiger partial charge in [0.05, 0.1) is 0 Å². The summed E-state index contributed by atoms with van der Waals surface area (Å²) < 4.78 is 0. The molecule has 0 saturated carbocycles. The molecule has 5 heteroatoms. The molecule has 0 radical (unpaired) electrons. The SMILES string of the molecule is CCSc1cccc(N2CCCC2CN(C)C)c1C(N)=S. The lowest BCUT2D eigenvalue weighted by Gasteiger charge is -2.31. The first-order valence-corrected chi connectivity index (χ1v) is 8.91. The second-order valence-electron chi connectivity index (χ2n) is 5.70. The molecular formula is C16H25N3S2. The van der Waals surface area contributed by atoms with E-state index in [1.807, 2.05) is 11.8 Å². The number of hydrogen-bond acceptors (Lipinski definition) is 4. The van der Waals surface area contributed by atoms with Crippen LogP contribution in [0.5, 0.6) is 0 Å². The minimum atomic E-state index is 0.511. The van der Waals surface area contributed by atoms with Gasteiger partial charge in [0.2, 0.25) is 0 Å². The van der Waals surface area contributed by atoms with Gasteiger partial charge in [-0.3, -0.25) is 0 Å². The van der Waals surface area contributed by atoms with Crippen LogP contribution in [0.4, 0.5) is 5.69 Å². The predicted molar refractivity (Wildman–Crippen MR) is 97.6 cm³/mol. The molecule has 1 fully saturated rings. The summed E-state index contributed by atoms with van der Waals surface area (Å²) in [5.74, 6) is 1.03. The number of likely N-dealkylation sites (N-methyl/N-ethyl adjacent to an activating group) is 1. The highest BCUT2D eigenvalue weighted by molar-refractivity contribution is 7.99. The fourth-order valence-corrected chi connectivity index (χ4v) is 4.17. The van der Waals surface area contributed by atoms with E-state index < -0.39 is 0 Å². The summed E-state index contributed by atoms with van der Waals surface area (Å²) in [5.41, 5.74) is 8.31. The van der Waals surface area contributed by atoms with Gasteiger partial charge in [0.1, 0.15) is 4.99 Å². The van der Waals surface area contributed by atoms with Gasteiger partial charge in [-0.05, 0) is 44.8 Å². The summed E-state index contributed by atoms with van der Waals surface area (Å²) >= 11 is 7.15. The molecule has 1 aliphatic heterocycles. The van der Waals surface area contributed by atoms with Crippen molar-refractivity contribution in [3.05, 3.63) is 23.8 Å². The first kappa shape index (κ1) is 16.6. The average Bonchev–Trinajstić information content (AvgIpc) is 2.85. The Kier molecular flexibility index (Phi) is 5.90. The van der Waals surface area contributed by atoms with Crippen LogP contribution in [0.25, 0.3) is 0 Å². The minimum Gasteiger partial charge on any atom is -0.389 e. The maximum absolute atomic E-state index is 6.04. The molecule has 1 aliphatic rings. The number of anilines is 1. The molecule has 0 bridgehead atoms. The molecule has 1 aromatic carbocycles. The fourth-order valence-electron chi connectivity index (χ4n) is 3.05. The van der Waals surface area contributed by atoms with Crippen molar-refractivity contribution in [1.82, 2.24) is 4.90 Å². The maximum atomic E-state index is 6.04. The van der Waals surface area contributed by atoms with Gasteiger partial charge >= 0.3 is 0 Å². The van der Waals surface area contributed by atoms with Gasteiger partial charge < -0.3 is 15.5 Å². The molecular weight excluding hydrogens is 298 g/mol. The van der Waals surface area contributed by atoms with E-state index in [1.54, 1.807) is 0 Å². The second-order valence-corrected chi connectivity index (χ2v) is 7.44. The highest BCUT2D eigenvalue weighted by atomic mass is 32.2. The molecule has 3 nitrogen and oxygen atoms in total. The quantitative estimate of drug-likeness (QED) is 0.643. The van der Waals surface area contributed by atoms with Crippen LogP contribution in [0.1, 0.15) is 25.3 Å². The van der Waals surface area contributed by atoms with Crippen LogP contribution >= 0.6 is 24.0 Å². The Morgan fingerprint density at radius 2 is 2.24 bits per heavy atom. The van der Waals surface area contributed by atoms with Gasteiger partial charge in [-0.25, -0.2) is 0 Å². The standard InChI is InChI=1S/C16H25N3S2/c1-4-21-14-9-5-8-13(15(14)16(17)20)19-10-6-7-12(19)11-18(2)3/h5,8-9,12H,4,6-7,10-11H2,1-3H3,(H2,17,20). The van der Waals surface area contributed by atoms with Crippen LogP contribution in [0, 0.1) is 0 Å². The Balaban J connectivity index is 2.38. The first-order valence-electron chi connectivity index (χ1n) is 7.51. The second kappa shape index (κ2) is 7.47. The van der Waals surface area contributed by atoms with Crippen molar-refractivity contribution in [3.63, 3.8) is 0 Å². The fraction of sp³-hybridized carbons (Fsp3) is 0.562. The monoisotopic (exact) mass is 323 g/mol. The summed E-state index contributed by atoms with van der Waals surface area (Å²) in [5, 5.41) is 0. The lowest BCUT2D eigenvalue weighted by Crippen LogP contribution is -2.38. The maximum Gasteiger partial charge on any atom is 0.107 e. The normalized spacial score (nSPS) is 18.5. The van der Waals surface area contributed by atoms with Crippen molar-refractivity contribution in [1.29, 1.82) is 0 Å². The zero-order chi connectivity index (χ0) is 15.4. The Hall–Kier alpha value is -0.780. The van der Waals surface area contributed by atoms with Crippen molar-refractivity contribution in [2.45, 2.75) is 30.7 Å². The van der Waals surface area contributed by atoms with Crippen LogP contribution in [0.15, 0.2) is 23.1 Å². The van der Waals surface area contributed by atoms with E-state index >= 15 is 0 Å². The zero-order valence-corrected chi connectivity index (χ0v) is 14.8. The first-order chi connectivity index (χ1) is 10.0. The van der Waals surface area contributed by atoms with E-state index in [2.05, 4.69) is 49.0 Å². The Morgan fingerprint density at radius 3 is 2.86 bits per heavy atom. The van der Waals surface area contributed by atoms with Crippen molar-refractivity contribution in [3.8, 4) is 0 Å². The van der Waals surface area contributed by atoms with Gasteiger partial charge in [-0.15, -0.1) is 11.8 Å². The largest absolute Gasteiger partial charge is 0.389 e. The molecule has 1 atom stereocenters. The van der Waals surface area contributed by atoms with E-state index in [9.17, 15) is 0 Å². The van der Waals surface area contributed by atoms with Crippen molar-refractivity contribution in [2.24, 2.45) is 5.73 Å². The molecule has 0 aliphatic carbocycles. The molecule has 1 unspecified atom stereocenters. The molecule has 1 heterocycles. The summed E-state index contributed by atoms with van der Waals surface area (Å²) in [4.78, 5) is 6.47. The highest BCUT2D eigenvalue weighted by Crippen LogP contribution is 2.34. The lowest BCUT2D eigenvalue weighted by atomic mass is 10.1. The van der Waals surface area contributed by atoms with Gasteiger partial charge in [-0.2, -0.15) is 0 Å². The molecule has 2 rings (SSSR count). The van der Waals surface area contributed by atoms with Crippen LogP contribution < -0.4 is 10.6 Å². The number of nitrogens with zero attached hydrogens (tertiary/aromatic N) is 2. The Labute approximate surface area is 137 Å². The summed E-state index contributed by atoms with van der Waals surface area (Å²) in [7, 11) is 4.27. The van der Waals surface area contributed by atoms with E-state index in [-0.39, 0.29) is 0 Å². The molecule has 1 saturated heterocycles. The van der Waals surface area contributed by atoms with Crippen molar-refractivity contribution in [2.75, 3.05) is 37.8 Å². The van der Waals surface area contributed by atoms with E-state index in [1.165, 1.54) is 23.4 Å². The smallest absolute Gasteiger partial charge is 0.107 e. The van der Waals surface area contributed by atoms with Gasteiger partial charge in [-0.1, -0.05) is 25.2 Å². The molecule has 0 amide bonds. The molecule has 21 heavy (non-hydrogen) atoms. The molecule has 1 aromatic rings. The number of rotatable bonds is 6. The third-order valence-electron chi connectivity index (χ3n) is 3.81. The van der Waals surface area contributed by atoms with Crippen molar-refractivity contribution >= 4 is 34.7 Å². The number of thioether (sulfide) groups is 1. The van der Waals surface area contributed by atoms with Gasteiger partial charge in [0.15, 0.2) is 0 Å². The van der Waals surface area contributed by atoms with Crippen molar-refractivity contribution < 1.29 is 0 Å². The number of thiocarbonyl (C=S) groups is 1. The van der Waals surface area contributed by atoms with E-state index in [0.717, 1.165) is 24.4 Å². The average molecular weight is 324 g/mol. The number of benzene rings is 1. The third-order valence-corrected chi connectivity index (χ3v) is 4.96. The topological polar surface area (TPSA) is 32.5 Å². The Bertz CT molecular complexity index is 502. The predicted octanol–water partition coefficient (Wildman–Crippen LogP) is 2.96. The van der Waals surface area contributed by atoms with Gasteiger partial charge in [0.25, 0.3) is 0 Å². The Morgan fingerprint density at radius 1 is 1.48 bits per heavy atom. The summed E-state index contributed by atoms with van der Waals surface area (Å²) in [6.07, 6.45) is 2.47. The van der Waals surface area contributed by atoms with Crippen LogP contribution in [-0.2, 0) is 0 Å². The summed E-state index contributed by atoms with van der Waals surface area (Å²) in [6, 6.07) is 6.97. The van der Waals surface area contributed by atoms with E-state index in [0.29, 0.717) is 11.0 Å². The number of hydrogen-bond donors (Lipinski definition) is 1. The zero-order valence-electron chi connectivity index (χ0n) is 13.1. The molecule has 116 valence electrons. The molecule has 0 spiro atoms. The number of nitrogens with two attached hydrogens (primary N) is 1. The molecule has 2 N–H and O–H groups in total. The van der Waals surface area contributed by atoms with Crippen LogP contribution in [0.2, 0.25) is 0 Å². The third kappa shape index (κ3) is 3.90. The van der Waals surface area contributed by atoms with Crippen LogP contribution in [-0.4, -0.2) is 48.9 Å². The summed E-state index contributed by atoms with van der Waals surface area (Å²) in [6.45, 7) is 4.32. The highest BCUT2D eigenvalue weighted by Gasteiger charge is 2.28. The van der Waals surface area contributed by atoms with Crippen LogP contribution in [0.3, 0.4) is 0 Å². The molecule has 0 aromatic heterocycles. The van der Waals surface area contributed by atoms with E-state index in [4.69, 9.17) is 18.0 Å². The lowest BCUT2D eigenvalue weighted by molar-refractivity contribution is 0.372.